The molecule has 2 bridgehead atoms. The van der Waals surface area contributed by atoms with Crippen molar-refractivity contribution in [3.05, 3.63) is 47.6 Å². The number of hydrogen-bond acceptors (Lipinski definition) is 14. The Kier molecular flexibility index (Phi) is 20.9. The van der Waals surface area contributed by atoms with Crippen molar-refractivity contribution in [2.45, 2.75) is 179 Å². The van der Waals surface area contributed by atoms with E-state index in [9.17, 15) is 39.3 Å². The van der Waals surface area contributed by atoms with Gasteiger partial charge in [-0.25, -0.2) is 4.79 Å². The minimum absolute atomic E-state index is 0.00911. The molecule has 0 aromatic rings. The molecule has 0 radical (unpaired) electrons. The number of aliphatic hydroxyl groups excluding tert-OH is 2. The van der Waals surface area contributed by atoms with E-state index in [-0.39, 0.29) is 42.8 Å². The van der Waals surface area contributed by atoms with Gasteiger partial charge >= 0.3 is 5.97 Å². The van der Waals surface area contributed by atoms with E-state index in [1.807, 2.05) is 44.2 Å². The van der Waals surface area contributed by atoms with E-state index >= 15 is 0 Å². The van der Waals surface area contributed by atoms with Crippen molar-refractivity contribution in [3.8, 4) is 0 Å². The highest BCUT2D eigenvalue weighted by molar-refractivity contribution is 6.39. The molecule has 1 saturated carbocycles. The van der Waals surface area contributed by atoms with Crippen LogP contribution in [0.1, 0.15) is 119 Å². The highest BCUT2D eigenvalue weighted by atomic mass is 16.6. The van der Waals surface area contributed by atoms with Gasteiger partial charge in [0.05, 0.1) is 24.4 Å². The molecule has 0 aromatic heterocycles. The predicted octanol–water partition coefficient (Wildman–Crippen LogP) is 4.87. The largest absolute Gasteiger partial charge is 0.459 e. The summed E-state index contributed by atoms with van der Waals surface area (Å²) in [5, 5.41) is 33.8. The van der Waals surface area contributed by atoms with Crippen molar-refractivity contribution < 1.29 is 63.0 Å². The number of aliphatic hydroxyl groups is 3. The number of ketones is 3. The number of carbonyl (C=O) groups is 5. The van der Waals surface area contributed by atoms with Gasteiger partial charge in [-0.1, -0.05) is 64.2 Å². The summed E-state index contributed by atoms with van der Waals surface area (Å²) in [5.41, 5.74) is 8.06. The predicted molar refractivity (Wildman–Crippen MR) is 244 cm³/mol. The Morgan fingerprint density at radius 1 is 0.862 bits per heavy atom. The third kappa shape index (κ3) is 14.3. The molecule has 1 aliphatic carbocycles. The molecule has 15 nitrogen and oxygen atoms in total. The quantitative estimate of drug-likeness (QED) is 0.159. The molecule has 366 valence electrons. The first-order valence-corrected chi connectivity index (χ1v) is 23.7. The fourth-order valence-corrected chi connectivity index (χ4v) is 9.90. The Morgan fingerprint density at radius 3 is 2.26 bits per heavy atom. The molecule has 4 aliphatic rings. The van der Waals surface area contributed by atoms with Gasteiger partial charge in [0.2, 0.25) is 5.79 Å². The molecule has 0 spiro atoms. The Balaban J connectivity index is 1.70. The van der Waals surface area contributed by atoms with Gasteiger partial charge in [0, 0.05) is 64.5 Å². The van der Waals surface area contributed by atoms with Crippen molar-refractivity contribution in [2.24, 2.45) is 35.3 Å². The summed E-state index contributed by atoms with van der Waals surface area (Å²) in [6, 6.07) is -2.03. The van der Waals surface area contributed by atoms with Gasteiger partial charge in [-0.05, 0) is 101 Å². The zero-order valence-corrected chi connectivity index (χ0v) is 40.2. The maximum absolute atomic E-state index is 14.3. The fraction of sp³-hybridized carbons (Fsp3) is 0.740. The SMILES string of the molecule is CO[C@H]1C[C@@H]2CC[C@@H](C)[C@@](O)(O2)C(=O)C(=O)N2CCCC[C@H]2C(=O)O[C@H]([C@H](N)C[C@@H]2CC[C@@H](O)[C@H](OC)C2)CC(=O)[C@H](C)/C=C(\C)[C@@H](O)[C@@H](OC)C(=O)[C@H](C)C[C@H](C)/C=C/C=CC=C1C. The second-order valence-electron chi connectivity index (χ2n) is 19.3. The summed E-state index contributed by atoms with van der Waals surface area (Å²) in [6.07, 6.45) is 10.0. The smallest absolute Gasteiger partial charge is 0.329 e. The van der Waals surface area contributed by atoms with Gasteiger partial charge in [0.15, 0.2) is 5.78 Å². The van der Waals surface area contributed by atoms with Gasteiger partial charge in [0.1, 0.15) is 30.1 Å². The molecule has 0 aromatic carbocycles. The lowest BCUT2D eigenvalue weighted by atomic mass is 9.80. The molecule has 5 N–H and O–H groups in total. The van der Waals surface area contributed by atoms with Gasteiger partial charge < -0.3 is 49.6 Å². The molecular weight excluding hydrogens is 837 g/mol. The maximum Gasteiger partial charge on any atom is 0.329 e. The highest BCUT2D eigenvalue weighted by Gasteiger charge is 2.53. The van der Waals surface area contributed by atoms with Crippen molar-refractivity contribution in [3.63, 3.8) is 0 Å². The van der Waals surface area contributed by atoms with E-state index in [1.165, 1.54) is 14.2 Å². The first-order valence-electron chi connectivity index (χ1n) is 23.7. The number of allylic oxidation sites excluding steroid dienone is 6. The lowest BCUT2D eigenvalue weighted by molar-refractivity contribution is -0.265. The second kappa shape index (κ2) is 25.1. The van der Waals surface area contributed by atoms with E-state index in [0.29, 0.717) is 69.8 Å². The number of hydrogen-bond donors (Lipinski definition) is 4. The first kappa shape index (κ1) is 54.2. The second-order valence-corrected chi connectivity index (χ2v) is 19.3. The molecule has 3 fully saturated rings. The summed E-state index contributed by atoms with van der Waals surface area (Å²) in [5.74, 6) is -8.10. The number of rotatable bonds is 6. The molecule has 0 unspecified atom stereocenters. The molecular formula is C50H78N2O13. The number of piperidine rings is 1. The summed E-state index contributed by atoms with van der Waals surface area (Å²) in [6.45, 7) is 10.7. The summed E-state index contributed by atoms with van der Waals surface area (Å²) < 4.78 is 29.2. The minimum atomic E-state index is -2.45. The topological polar surface area (TPSA) is 221 Å². The van der Waals surface area contributed by atoms with Gasteiger partial charge in [-0.3, -0.25) is 19.2 Å². The van der Waals surface area contributed by atoms with Gasteiger partial charge in [0.25, 0.3) is 11.7 Å². The molecule has 3 heterocycles. The first-order chi connectivity index (χ1) is 30.7. The summed E-state index contributed by atoms with van der Waals surface area (Å²) in [7, 11) is 4.47. The zero-order valence-electron chi connectivity index (χ0n) is 40.2. The fourth-order valence-electron chi connectivity index (χ4n) is 9.90. The van der Waals surface area contributed by atoms with Crippen LogP contribution in [0, 0.1) is 29.6 Å². The lowest BCUT2D eigenvalue weighted by Gasteiger charge is -2.42. The highest BCUT2D eigenvalue weighted by Crippen LogP contribution is 2.37. The number of methoxy groups -OCH3 is 3. The van der Waals surface area contributed by atoms with E-state index in [1.54, 1.807) is 40.9 Å². The molecule has 15 atom stereocenters. The van der Waals surface area contributed by atoms with E-state index < -0.39 is 96.0 Å². The number of Topliss-reactive ketones (excluding diaryl/α,β-unsaturated/α-hetero) is 3. The third-order valence-corrected chi connectivity index (χ3v) is 14.2. The van der Waals surface area contributed by atoms with Crippen molar-refractivity contribution in [1.82, 2.24) is 4.90 Å². The summed E-state index contributed by atoms with van der Waals surface area (Å²) >= 11 is 0. The summed E-state index contributed by atoms with van der Waals surface area (Å²) in [4.78, 5) is 71.6. The maximum atomic E-state index is 14.3. The van der Waals surface area contributed by atoms with Crippen LogP contribution in [0.2, 0.25) is 0 Å². The molecule has 1 amide bonds. The number of nitrogens with zero attached hydrogens (tertiary/aromatic N) is 1. The Labute approximate surface area is 386 Å². The van der Waals surface area contributed by atoms with Crippen LogP contribution in [0.25, 0.3) is 0 Å². The van der Waals surface area contributed by atoms with Crippen molar-refractivity contribution in [2.75, 3.05) is 27.9 Å². The van der Waals surface area contributed by atoms with Crippen LogP contribution in [0.5, 0.6) is 0 Å². The number of cyclic esters (lactones) is 1. The van der Waals surface area contributed by atoms with Crippen LogP contribution in [-0.4, -0.2) is 138 Å². The molecule has 15 heteroatoms. The van der Waals surface area contributed by atoms with Crippen LogP contribution >= 0.6 is 0 Å². The molecule has 4 rings (SSSR count). The van der Waals surface area contributed by atoms with Crippen LogP contribution in [0.4, 0.5) is 0 Å². The Morgan fingerprint density at radius 2 is 1.58 bits per heavy atom. The minimum Gasteiger partial charge on any atom is -0.459 e. The van der Waals surface area contributed by atoms with Crippen molar-refractivity contribution >= 4 is 29.2 Å². The van der Waals surface area contributed by atoms with E-state index in [0.717, 1.165) is 10.5 Å². The number of ether oxygens (including phenoxy) is 5. The third-order valence-electron chi connectivity index (χ3n) is 14.2. The molecule has 65 heavy (non-hydrogen) atoms. The Bertz CT molecular complexity index is 1760. The average molecular weight is 915 g/mol. The van der Waals surface area contributed by atoms with E-state index in [2.05, 4.69) is 0 Å². The van der Waals surface area contributed by atoms with Crippen LogP contribution < -0.4 is 5.73 Å². The standard InChI is InChI=1S/C50H78N2O13/c1-29-15-11-10-12-16-30(2)41(61-7)27-36-20-18-34(6)50(60,65-36)47(57)48(58)52-22-14-13-17-38(52)49(59)64-42(37(51)25-35-19-21-39(53)43(26-35)62-8)28-40(54)31(3)24-33(5)45(56)46(63-9)44(55)32(4)23-29/h10-12,15-16,24,29,31-32,34-39,41-43,45-46,53,56,60H,13-14,17-23,25-28,51H2,1-9H3/b12-10?,15-11+,30-16?,33-24+/t29-,31-,32-,34-,35+,36+,37-,38+,39-,41+,42+,43-,45-,46+,50-/m1/s1. The number of nitrogens with two attached hydrogens (primary N) is 1. The monoisotopic (exact) mass is 915 g/mol. The molecule has 3 aliphatic heterocycles. The normalized spacial score (nSPS) is 39.1. The van der Waals surface area contributed by atoms with E-state index in [4.69, 9.17) is 29.4 Å². The number of fused-ring (bicyclic) bond motifs is 3. The van der Waals surface area contributed by atoms with Gasteiger partial charge in [-0.15, -0.1) is 0 Å². The van der Waals surface area contributed by atoms with Crippen LogP contribution in [-0.2, 0) is 47.7 Å². The lowest BCUT2D eigenvalue weighted by Crippen LogP contribution is -2.61. The van der Waals surface area contributed by atoms with Crippen LogP contribution in [0.3, 0.4) is 0 Å². The van der Waals surface area contributed by atoms with Crippen LogP contribution in [0.15, 0.2) is 47.6 Å². The Hall–Kier alpha value is -3.41. The average Bonchev–Trinajstić information content (AvgIpc) is 3.28. The number of carbonyl (C=O) groups excluding carboxylic acids is 5. The van der Waals surface area contributed by atoms with Gasteiger partial charge in [-0.2, -0.15) is 0 Å². The zero-order chi connectivity index (χ0) is 48.2. The molecule has 2 saturated heterocycles. The van der Waals surface area contributed by atoms with Crippen molar-refractivity contribution in [1.29, 1.82) is 0 Å². The number of esters is 1. The number of amides is 1.